The van der Waals surface area contributed by atoms with E-state index in [-0.39, 0.29) is 0 Å². The summed E-state index contributed by atoms with van der Waals surface area (Å²) >= 11 is 0. The third-order valence-electron chi connectivity index (χ3n) is 5.55. The molecule has 0 amide bonds. The fourth-order valence-corrected chi connectivity index (χ4v) is 4.11. The predicted molar refractivity (Wildman–Crippen MR) is 108 cm³/mol. The third-order valence-corrected chi connectivity index (χ3v) is 5.55. The zero-order valence-corrected chi connectivity index (χ0v) is 16.8. The van der Waals surface area contributed by atoms with Crippen LogP contribution >= 0.6 is 0 Å². The summed E-state index contributed by atoms with van der Waals surface area (Å²) in [6.07, 6.45) is 6.10. The molecule has 1 atom stereocenters. The zero-order chi connectivity index (χ0) is 18.9. The van der Waals surface area contributed by atoms with Crippen LogP contribution in [0.2, 0.25) is 0 Å². The second-order valence-electron chi connectivity index (χ2n) is 8.15. The fourth-order valence-electron chi connectivity index (χ4n) is 4.11. The lowest BCUT2D eigenvalue weighted by atomic mass is 9.98. The maximum atomic E-state index is 10.3. The van der Waals surface area contributed by atoms with E-state index in [1.165, 1.54) is 30.4 Å². The van der Waals surface area contributed by atoms with Gasteiger partial charge in [0.05, 0.1) is 32.0 Å². The summed E-state index contributed by atoms with van der Waals surface area (Å²) in [4.78, 5) is 4.63. The number of hydrogen-bond donors (Lipinski definition) is 1. The second-order valence-corrected chi connectivity index (χ2v) is 8.15. The van der Waals surface area contributed by atoms with Gasteiger partial charge in [0.25, 0.3) is 0 Å². The van der Waals surface area contributed by atoms with Crippen LogP contribution in [0.3, 0.4) is 0 Å². The minimum atomic E-state index is -0.423. The van der Waals surface area contributed by atoms with Crippen molar-refractivity contribution in [1.82, 2.24) is 9.80 Å². The molecule has 152 valence electrons. The van der Waals surface area contributed by atoms with Crippen molar-refractivity contribution in [2.75, 3.05) is 46.5 Å². The summed E-state index contributed by atoms with van der Waals surface area (Å²) in [5.74, 6) is 0. The van der Waals surface area contributed by atoms with E-state index in [0.717, 1.165) is 52.2 Å². The number of aliphatic hydroxyl groups is 1. The molecule has 2 fully saturated rings. The molecule has 1 heterocycles. The van der Waals surface area contributed by atoms with Gasteiger partial charge in [-0.3, -0.25) is 9.80 Å². The molecule has 0 spiro atoms. The zero-order valence-electron chi connectivity index (χ0n) is 16.8. The smallest absolute Gasteiger partial charge is 0.0900 e. The standard InChI is InChI=1S/C22H36N2O3/c1-23(17-21(25)18-27-22-8-3-2-4-9-22)15-19-6-5-7-20(14-19)16-24-10-12-26-13-11-24/h5-7,14,21-22,25H,2-4,8-13,15-18H2,1H3. The molecule has 1 saturated carbocycles. The van der Waals surface area contributed by atoms with Gasteiger partial charge >= 0.3 is 0 Å². The molecular weight excluding hydrogens is 340 g/mol. The maximum Gasteiger partial charge on any atom is 0.0900 e. The lowest BCUT2D eigenvalue weighted by Crippen LogP contribution is -2.35. The highest BCUT2D eigenvalue weighted by atomic mass is 16.5. The minimum absolute atomic E-state index is 0.357. The Labute approximate surface area is 164 Å². The molecule has 1 aromatic carbocycles. The highest BCUT2D eigenvalue weighted by Gasteiger charge is 2.17. The summed E-state index contributed by atoms with van der Waals surface area (Å²) in [6.45, 7) is 6.61. The van der Waals surface area contributed by atoms with Gasteiger partial charge in [-0.15, -0.1) is 0 Å². The number of hydrogen-bond acceptors (Lipinski definition) is 5. The van der Waals surface area contributed by atoms with E-state index < -0.39 is 6.10 Å². The molecule has 27 heavy (non-hydrogen) atoms. The first-order chi connectivity index (χ1) is 13.2. The minimum Gasteiger partial charge on any atom is -0.389 e. The molecule has 1 aromatic rings. The Kier molecular flexibility index (Phi) is 8.55. The molecule has 0 radical (unpaired) electrons. The number of ether oxygens (including phenoxy) is 2. The number of nitrogens with zero attached hydrogens (tertiary/aromatic N) is 2. The number of morpholine rings is 1. The van der Waals surface area contributed by atoms with Crippen LogP contribution in [0.1, 0.15) is 43.2 Å². The average molecular weight is 377 g/mol. The molecule has 3 rings (SSSR count). The predicted octanol–water partition coefficient (Wildman–Crippen LogP) is 2.66. The van der Waals surface area contributed by atoms with Crippen LogP contribution < -0.4 is 0 Å². The molecule has 0 bridgehead atoms. The first-order valence-electron chi connectivity index (χ1n) is 10.5. The molecule has 5 nitrogen and oxygen atoms in total. The van der Waals surface area contributed by atoms with Crippen molar-refractivity contribution in [3.63, 3.8) is 0 Å². The van der Waals surface area contributed by atoms with Gasteiger partial charge in [-0.05, 0) is 31.0 Å². The monoisotopic (exact) mass is 376 g/mol. The van der Waals surface area contributed by atoms with Crippen molar-refractivity contribution in [2.45, 2.75) is 57.4 Å². The van der Waals surface area contributed by atoms with Crippen molar-refractivity contribution in [2.24, 2.45) is 0 Å². The highest BCUT2D eigenvalue weighted by Crippen LogP contribution is 2.20. The van der Waals surface area contributed by atoms with Crippen molar-refractivity contribution in [3.8, 4) is 0 Å². The summed E-state index contributed by atoms with van der Waals surface area (Å²) in [5, 5.41) is 10.3. The van der Waals surface area contributed by atoms with E-state index >= 15 is 0 Å². The van der Waals surface area contributed by atoms with Crippen LogP contribution in [0.4, 0.5) is 0 Å². The summed E-state index contributed by atoms with van der Waals surface area (Å²) in [7, 11) is 2.07. The van der Waals surface area contributed by atoms with Gasteiger partial charge in [-0.1, -0.05) is 43.5 Å². The maximum absolute atomic E-state index is 10.3. The van der Waals surface area contributed by atoms with Crippen LogP contribution in [-0.2, 0) is 22.6 Å². The van der Waals surface area contributed by atoms with Gasteiger partial charge < -0.3 is 14.6 Å². The molecule has 2 aliphatic rings. The van der Waals surface area contributed by atoms with Crippen LogP contribution in [-0.4, -0.2) is 73.6 Å². The van der Waals surface area contributed by atoms with Crippen molar-refractivity contribution >= 4 is 0 Å². The van der Waals surface area contributed by atoms with Gasteiger partial charge in [-0.25, -0.2) is 0 Å². The topological polar surface area (TPSA) is 45.2 Å². The lowest BCUT2D eigenvalue weighted by molar-refractivity contribution is -0.0319. The van der Waals surface area contributed by atoms with Crippen molar-refractivity contribution in [3.05, 3.63) is 35.4 Å². The summed E-state index contributed by atoms with van der Waals surface area (Å²) in [6, 6.07) is 8.80. The Hall–Kier alpha value is -0.980. The van der Waals surface area contributed by atoms with Crippen LogP contribution in [0.15, 0.2) is 24.3 Å². The van der Waals surface area contributed by atoms with E-state index in [2.05, 4.69) is 41.1 Å². The summed E-state index contributed by atoms with van der Waals surface area (Å²) < 4.78 is 11.3. The quantitative estimate of drug-likeness (QED) is 0.718. The summed E-state index contributed by atoms with van der Waals surface area (Å²) in [5.41, 5.74) is 2.65. The van der Waals surface area contributed by atoms with Crippen LogP contribution in [0, 0.1) is 0 Å². The van der Waals surface area contributed by atoms with Crippen molar-refractivity contribution < 1.29 is 14.6 Å². The van der Waals surface area contributed by atoms with Crippen LogP contribution in [0.25, 0.3) is 0 Å². The van der Waals surface area contributed by atoms with Crippen LogP contribution in [0.5, 0.6) is 0 Å². The second kappa shape index (κ2) is 11.1. The third kappa shape index (κ3) is 7.51. The number of rotatable bonds is 9. The van der Waals surface area contributed by atoms with E-state index in [0.29, 0.717) is 19.3 Å². The molecule has 1 saturated heterocycles. The van der Waals surface area contributed by atoms with E-state index in [4.69, 9.17) is 9.47 Å². The Bertz CT molecular complexity index is 542. The SMILES string of the molecule is CN(Cc1cccc(CN2CCOCC2)c1)CC(O)COC1CCCCC1. The largest absolute Gasteiger partial charge is 0.389 e. The molecule has 1 aliphatic carbocycles. The molecule has 1 N–H and O–H groups in total. The molecular formula is C22H36N2O3. The highest BCUT2D eigenvalue weighted by molar-refractivity contribution is 5.23. The van der Waals surface area contributed by atoms with E-state index in [1.54, 1.807) is 0 Å². The van der Waals surface area contributed by atoms with E-state index in [9.17, 15) is 5.11 Å². The lowest BCUT2D eigenvalue weighted by Gasteiger charge is -2.27. The Balaban J connectivity index is 1.40. The van der Waals surface area contributed by atoms with E-state index in [1.807, 2.05) is 0 Å². The molecule has 0 aromatic heterocycles. The molecule has 1 aliphatic heterocycles. The van der Waals surface area contributed by atoms with Gasteiger partial charge in [-0.2, -0.15) is 0 Å². The Morgan fingerprint density at radius 2 is 1.93 bits per heavy atom. The average Bonchev–Trinajstić information content (AvgIpc) is 2.68. The van der Waals surface area contributed by atoms with Gasteiger partial charge in [0, 0.05) is 32.7 Å². The Morgan fingerprint density at radius 3 is 2.70 bits per heavy atom. The first-order valence-corrected chi connectivity index (χ1v) is 10.5. The molecule has 1 unspecified atom stereocenters. The van der Waals surface area contributed by atoms with Gasteiger partial charge in [0.2, 0.25) is 0 Å². The number of likely N-dealkylation sites (N-methyl/N-ethyl adjacent to an activating group) is 1. The fraction of sp³-hybridized carbons (Fsp3) is 0.727. The van der Waals surface area contributed by atoms with Gasteiger partial charge in [0.15, 0.2) is 0 Å². The number of aliphatic hydroxyl groups excluding tert-OH is 1. The van der Waals surface area contributed by atoms with Gasteiger partial charge in [0.1, 0.15) is 0 Å². The Morgan fingerprint density at radius 1 is 1.19 bits per heavy atom. The number of benzene rings is 1. The first kappa shape index (κ1) is 20.7. The normalized spacial score (nSPS) is 20.9. The molecule has 5 heteroatoms. The van der Waals surface area contributed by atoms with Crippen molar-refractivity contribution in [1.29, 1.82) is 0 Å².